The Morgan fingerprint density at radius 1 is 1.33 bits per heavy atom. The zero-order valence-electron chi connectivity index (χ0n) is 12.0. The van der Waals surface area contributed by atoms with E-state index < -0.39 is 11.6 Å². The fourth-order valence-corrected chi connectivity index (χ4v) is 2.57. The van der Waals surface area contributed by atoms with Gasteiger partial charge in [0.1, 0.15) is 11.6 Å². The van der Waals surface area contributed by atoms with E-state index in [1.165, 1.54) is 12.1 Å². The van der Waals surface area contributed by atoms with Crippen LogP contribution in [0, 0.1) is 18.6 Å². The van der Waals surface area contributed by atoms with Gasteiger partial charge in [-0.15, -0.1) is 0 Å². The Morgan fingerprint density at radius 3 is 2.67 bits per heavy atom. The van der Waals surface area contributed by atoms with Gasteiger partial charge in [0, 0.05) is 25.1 Å². The number of rotatable bonds is 5. The summed E-state index contributed by atoms with van der Waals surface area (Å²) in [5.74, 6) is -1.16. The van der Waals surface area contributed by atoms with E-state index in [9.17, 15) is 8.78 Å². The molecule has 2 rings (SSSR count). The summed E-state index contributed by atoms with van der Waals surface area (Å²) in [6.45, 7) is 4.50. The first kappa shape index (κ1) is 15.9. The molecule has 1 heterocycles. The molecule has 2 N–H and O–H groups in total. The molecule has 0 aliphatic carbocycles. The normalized spacial score (nSPS) is 12.7. The highest BCUT2D eigenvalue weighted by Gasteiger charge is 2.17. The lowest BCUT2D eigenvalue weighted by atomic mass is 10.0. The van der Waals surface area contributed by atoms with Crippen molar-refractivity contribution < 1.29 is 8.78 Å². The number of halogens is 3. The second kappa shape index (κ2) is 6.54. The lowest BCUT2D eigenvalue weighted by Gasteiger charge is -2.13. The molecule has 3 nitrogen and oxygen atoms in total. The van der Waals surface area contributed by atoms with Crippen LogP contribution in [0.5, 0.6) is 0 Å². The van der Waals surface area contributed by atoms with Crippen LogP contribution < -0.4 is 5.73 Å². The van der Waals surface area contributed by atoms with Crippen molar-refractivity contribution in [3.8, 4) is 0 Å². The summed E-state index contributed by atoms with van der Waals surface area (Å²) in [6, 6.07) is 3.21. The van der Waals surface area contributed by atoms with Crippen molar-refractivity contribution in [2.24, 2.45) is 5.73 Å². The Balaban J connectivity index is 2.13. The Bertz CT molecular complexity index is 640. The number of aromatic nitrogens is 2. The van der Waals surface area contributed by atoms with Crippen molar-refractivity contribution >= 4 is 11.6 Å². The second-order valence-electron chi connectivity index (χ2n) is 5.07. The highest BCUT2D eigenvalue weighted by atomic mass is 35.5. The van der Waals surface area contributed by atoms with Crippen molar-refractivity contribution in [2.45, 2.75) is 39.3 Å². The van der Waals surface area contributed by atoms with E-state index in [-0.39, 0.29) is 6.04 Å². The molecule has 0 radical (unpaired) electrons. The monoisotopic (exact) mass is 313 g/mol. The van der Waals surface area contributed by atoms with Crippen LogP contribution in [-0.4, -0.2) is 15.8 Å². The number of aryl methyl sites for hydroxylation is 2. The summed E-state index contributed by atoms with van der Waals surface area (Å²) in [5, 5.41) is 4.93. The Morgan fingerprint density at radius 2 is 2.05 bits per heavy atom. The molecule has 0 bridgehead atoms. The largest absolute Gasteiger partial charge is 0.327 e. The van der Waals surface area contributed by atoms with Gasteiger partial charge in [0.15, 0.2) is 0 Å². The number of hydrogen-bond acceptors (Lipinski definition) is 2. The van der Waals surface area contributed by atoms with E-state index >= 15 is 0 Å². The molecule has 0 amide bonds. The molecule has 0 saturated heterocycles. The third-order valence-electron chi connectivity index (χ3n) is 3.41. The molecule has 1 atom stereocenters. The van der Waals surface area contributed by atoms with Crippen molar-refractivity contribution in [2.75, 3.05) is 0 Å². The van der Waals surface area contributed by atoms with Gasteiger partial charge < -0.3 is 5.73 Å². The minimum absolute atomic E-state index is 0.316. The van der Waals surface area contributed by atoms with Crippen molar-refractivity contribution in [3.63, 3.8) is 0 Å². The van der Waals surface area contributed by atoms with Crippen molar-refractivity contribution in [1.29, 1.82) is 0 Å². The van der Waals surface area contributed by atoms with Crippen LogP contribution in [0.2, 0.25) is 5.02 Å². The summed E-state index contributed by atoms with van der Waals surface area (Å²) in [5.41, 5.74) is 8.10. The van der Waals surface area contributed by atoms with Gasteiger partial charge in [-0.05, 0) is 31.9 Å². The van der Waals surface area contributed by atoms with Crippen molar-refractivity contribution in [1.82, 2.24) is 9.78 Å². The molecular formula is C15H18ClF2N3. The smallest absolute Gasteiger partial charge is 0.129 e. The average Bonchev–Trinajstić information content (AvgIpc) is 2.69. The third-order valence-corrected chi connectivity index (χ3v) is 3.90. The van der Waals surface area contributed by atoms with Crippen molar-refractivity contribution in [3.05, 3.63) is 51.8 Å². The maximum atomic E-state index is 13.6. The van der Waals surface area contributed by atoms with Gasteiger partial charge >= 0.3 is 0 Å². The molecule has 0 saturated carbocycles. The maximum Gasteiger partial charge on any atom is 0.129 e. The van der Waals surface area contributed by atoms with Crippen LogP contribution in [0.3, 0.4) is 0 Å². The quantitative estimate of drug-likeness (QED) is 0.921. The summed E-state index contributed by atoms with van der Waals surface area (Å²) >= 11 is 6.23. The van der Waals surface area contributed by atoms with Crippen LogP contribution in [0.1, 0.15) is 23.9 Å². The van der Waals surface area contributed by atoms with Gasteiger partial charge in [0.25, 0.3) is 0 Å². The molecule has 1 unspecified atom stereocenters. The van der Waals surface area contributed by atoms with Crippen LogP contribution in [0.4, 0.5) is 8.78 Å². The molecule has 21 heavy (non-hydrogen) atoms. The highest BCUT2D eigenvalue weighted by molar-refractivity contribution is 6.31. The minimum atomic E-state index is -0.590. The molecular weight excluding hydrogens is 296 g/mol. The minimum Gasteiger partial charge on any atom is -0.327 e. The zero-order valence-corrected chi connectivity index (χ0v) is 12.8. The second-order valence-corrected chi connectivity index (χ2v) is 5.44. The maximum absolute atomic E-state index is 13.6. The Kier molecular flexibility index (Phi) is 4.96. The molecule has 0 fully saturated rings. The molecule has 1 aromatic heterocycles. The SMILES string of the molecule is CCn1nc(C)c(Cl)c1CC(N)Cc1ccc(F)cc1F. The van der Waals surface area contributed by atoms with Gasteiger partial charge in [-0.2, -0.15) is 5.10 Å². The Labute approximate surface area is 127 Å². The molecule has 0 aliphatic rings. The van der Waals surface area contributed by atoms with Gasteiger partial charge in [-0.3, -0.25) is 4.68 Å². The van der Waals surface area contributed by atoms with Crippen LogP contribution in [0.15, 0.2) is 18.2 Å². The van der Waals surface area contributed by atoms with Crippen LogP contribution >= 0.6 is 11.6 Å². The van der Waals surface area contributed by atoms with E-state index in [0.717, 1.165) is 17.5 Å². The topological polar surface area (TPSA) is 43.8 Å². The molecule has 0 spiro atoms. The molecule has 2 aromatic rings. The van der Waals surface area contributed by atoms with E-state index in [1.54, 1.807) is 4.68 Å². The third kappa shape index (κ3) is 3.60. The van der Waals surface area contributed by atoms with E-state index in [1.807, 2.05) is 13.8 Å². The zero-order chi connectivity index (χ0) is 15.6. The predicted molar refractivity (Wildman–Crippen MR) is 79.4 cm³/mol. The number of nitrogens with two attached hydrogens (primary N) is 1. The summed E-state index contributed by atoms with van der Waals surface area (Å²) < 4.78 is 28.3. The molecule has 1 aromatic carbocycles. The fraction of sp³-hybridized carbons (Fsp3) is 0.400. The lowest BCUT2D eigenvalue weighted by Crippen LogP contribution is -2.27. The van der Waals surface area contributed by atoms with Crippen LogP contribution in [0.25, 0.3) is 0 Å². The van der Waals surface area contributed by atoms with E-state index in [2.05, 4.69) is 5.10 Å². The molecule has 114 valence electrons. The summed E-state index contributed by atoms with van der Waals surface area (Å²) in [4.78, 5) is 0. The van der Waals surface area contributed by atoms with E-state index in [4.69, 9.17) is 17.3 Å². The van der Waals surface area contributed by atoms with E-state index in [0.29, 0.717) is 30.0 Å². The molecule has 0 aliphatic heterocycles. The number of benzene rings is 1. The first-order chi connectivity index (χ1) is 9.92. The number of hydrogen-bond donors (Lipinski definition) is 1. The van der Waals surface area contributed by atoms with Gasteiger partial charge in [-0.25, -0.2) is 8.78 Å². The van der Waals surface area contributed by atoms with Gasteiger partial charge in [0.2, 0.25) is 0 Å². The van der Waals surface area contributed by atoms with Crippen LogP contribution in [-0.2, 0) is 19.4 Å². The average molecular weight is 314 g/mol. The predicted octanol–water partition coefficient (Wildman–Crippen LogP) is 3.26. The molecule has 6 heteroatoms. The van der Waals surface area contributed by atoms with Gasteiger partial charge in [-0.1, -0.05) is 17.7 Å². The fourth-order valence-electron chi connectivity index (χ4n) is 2.35. The number of nitrogens with zero attached hydrogens (tertiary/aromatic N) is 2. The first-order valence-electron chi connectivity index (χ1n) is 6.83. The Hall–Kier alpha value is -1.46. The summed E-state index contributed by atoms with van der Waals surface area (Å²) in [6.07, 6.45) is 0.806. The standard InChI is InChI=1S/C15H18ClF2N3/c1-3-21-14(15(16)9(2)20-21)8-12(19)6-10-4-5-11(17)7-13(10)18/h4-5,7,12H,3,6,8,19H2,1-2H3. The first-order valence-corrected chi connectivity index (χ1v) is 7.21. The highest BCUT2D eigenvalue weighted by Crippen LogP contribution is 2.22. The lowest BCUT2D eigenvalue weighted by molar-refractivity contribution is 0.545. The van der Waals surface area contributed by atoms with Gasteiger partial charge in [0.05, 0.1) is 16.4 Å². The summed E-state index contributed by atoms with van der Waals surface area (Å²) in [7, 11) is 0.